The Bertz CT molecular complexity index is 482. The summed E-state index contributed by atoms with van der Waals surface area (Å²) in [6.07, 6.45) is 6.07. The summed E-state index contributed by atoms with van der Waals surface area (Å²) < 4.78 is 0. The summed E-state index contributed by atoms with van der Waals surface area (Å²) in [7, 11) is 0. The van der Waals surface area contributed by atoms with Crippen LogP contribution in [0.4, 0.5) is 5.82 Å². The van der Waals surface area contributed by atoms with Gasteiger partial charge in [-0.15, -0.1) is 0 Å². The SMILES string of the molecule is CCNc1ncnc(-c2ccncc2)c1CC. The number of pyridine rings is 1. The Morgan fingerprint density at radius 1 is 1.12 bits per heavy atom. The Hall–Kier alpha value is -1.97. The van der Waals surface area contributed by atoms with Gasteiger partial charge in [-0.1, -0.05) is 6.92 Å². The van der Waals surface area contributed by atoms with Crippen molar-refractivity contribution in [2.75, 3.05) is 11.9 Å². The van der Waals surface area contributed by atoms with Crippen molar-refractivity contribution in [1.29, 1.82) is 0 Å². The second-order valence-electron chi connectivity index (χ2n) is 3.67. The van der Waals surface area contributed by atoms with Crippen LogP contribution in [-0.2, 0) is 6.42 Å². The highest BCUT2D eigenvalue weighted by Gasteiger charge is 2.10. The molecule has 0 saturated carbocycles. The number of aromatic nitrogens is 3. The highest BCUT2D eigenvalue weighted by molar-refractivity contribution is 5.67. The van der Waals surface area contributed by atoms with Crippen molar-refractivity contribution >= 4 is 5.82 Å². The summed E-state index contributed by atoms with van der Waals surface area (Å²) in [5, 5.41) is 3.27. The minimum atomic E-state index is 0.861. The average molecular weight is 228 g/mol. The van der Waals surface area contributed by atoms with E-state index in [1.54, 1.807) is 18.7 Å². The van der Waals surface area contributed by atoms with Gasteiger partial charge >= 0.3 is 0 Å². The molecule has 0 fully saturated rings. The molecule has 1 N–H and O–H groups in total. The molecular weight excluding hydrogens is 212 g/mol. The summed E-state index contributed by atoms with van der Waals surface area (Å²) in [6.45, 7) is 5.04. The fourth-order valence-electron chi connectivity index (χ4n) is 1.83. The van der Waals surface area contributed by atoms with Gasteiger partial charge in [0, 0.05) is 30.1 Å². The molecule has 0 bridgehead atoms. The number of rotatable bonds is 4. The smallest absolute Gasteiger partial charge is 0.133 e. The number of nitrogens with one attached hydrogen (secondary N) is 1. The second kappa shape index (κ2) is 5.39. The Morgan fingerprint density at radius 2 is 1.88 bits per heavy atom. The summed E-state index contributed by atoms with van der Waals surface area (Å²) in [5.74, 6) is 0.928. The normalized spacial score (nSPS) is 10.2. The lowest BCUT2D eigenvalue weighted by Gasteiger charge is -2.12. The van der Waals surface area contributed by atoms with E-state index >= 15 is 0 Å². The van der Waals surface area contributed by atoms with Gasteiger partial charge in [-0.25, -0.2) is 9.97 Å². The third-order valence-corrected chi connectivity index (χ3v) is 2.60. The number of nitrogens with zero attached hydrogens (tertiary/aromatic N) is 3. The van der Waals surface area contributed by atoms with Gasteiger partial charge in [0.05, 0.1) is 5.69 Å². The lowest BCUT2D eigenvalue weighted by Crippen LogP contribution is -2.05. The highest BCUT2D eigenvalue weighted by atomic mass is 15.0. The van der Waals surface area contributed by atoms with Crippen molar-refractivity contribution in [3.63, 3.8) is 0 Å². The number of hydrogen-bond donors (Lipinski definition) is 1. The first-order valence-corrected chi connectivity index (χ1v) is 5.85. The molecule has 0 atom stereocenters. The van der Waals surface area contributed by atoms with Gasteiger partial charge in [-0.05, 0) is 25.5 Å². The van der Waals surface area contributed by atoms with Crippen molar-refractivity contribution in [3.05, 3.63) is 36.4 Å². The molecule has 0 aliphatic heterocycles. The van der Waals surface area contributed by atoms with Crippen LogP contribution in [0.1, 0.15) is 19.4 Å². The Kier molecular flexibility index (Phi) is 3.65. The molecule has 2 aromatic rings. The average Bonchev–Trinajstić information content (AvgIpc) is 2.40. The van der Waals surface area contributed by atoms with E-state index in [0.717, 1.165) is 35.6 Å². The van der Waals surface area contributed by atoms with Crippen LogP contribution in [0.2, 0.25) is 0 Å². The Balaban J connectivity index is 2.50. The molecule has 4 nitrogen and oxygen atoms in total. The van der Waals surface area contributed by atoms with Crippen LogP contribution in [0.25, 0.3) is 11.3 Å². The zero-order chi connectivity index (χ0) is 12.1. The molecule has 0 saturated heterocycles. The van der Waals surface area contributed by atoms with Gasteiger partial charge in [0.2, 0.25) is 0 Å². The molecule has 0 amide bonds. The van der Waals surface area contributed by atoms with Gasteiger partial charge in [0.25, 0.3) is 0 Å². The summed E-state index contributed by atoms with van der Waals surface area (Å²) in [6, 6.07) is 3.94. The molecule has 0 unspecified atom stereocenters. The van der Waals surface area contributed by atoms with Crippen molar-refractivity contribution in [1.82, 2.24) is 15.0 Å². The van der Waals surface area contributed by atoms with Gasteiger partial charge < -0.3 is 5.32 Å². The monoisotopic (exact) mass is 228 g/mol. The van der Waals surface area contributed by atoms with E-state index in [-0.39, 0.29) is 0 Å². The first-order chi connectivity index (χ1) is 8.36. The molecule has 0 aliphatic carbocycles. The fourth-order valence-corrected chi connectivity index (χ4v) is 1.83. The molecule has 2 rings (SSSR count). The van der Waals surface area contributed by atoms with E-state index in [0.29, 0.717) is 0 Å². The summed E-state index contributed by atoms with van der Waals surface area (Å²) in [5.41, 5.74) is 3.22. The summed E-state index contributed by atoms with van der Waals surface area (Å²) >= 11 is 0. The molecular formula is C13H16N4. The maximum atomic E-state index is 4.38. The van der Waals surface area contributed by atoms with Crippen LogP contribution in [0.5, 0.6) is 0 Å². The van der Waals surface area contributed by atoms with Gasteiger partial charge in [0.1, 0.15) is 12.1 Å². The standard InChI is InChI=1S/C13H16N4/c1-3-11-12(10-5-7-14-8-6-10)16-9-17-13(11)15-4-2/h5-9H,3-4H2,1-2H3,(H,15,16,17). The minimum Gasteiger partial charge on any atom is -0.370 e. The van der Waals surface area contributed by atoms with Crippen LogP contribution in [-0.4, -0.2) is 21.5 Å². The van der Waals surface area contributed by atoms with Crippen molar-refractivity contribution in [3.8, 4) is 11.3 Å². The van der Waals surface area contributed by atoms with Crippen LogP contribution in [0.3, 0.4) is 0 Å². The lowest BCUT2D eigenvalue weighted by atomic mass is 10.1. The first-order valence-electron chi connectivity index (χ1n) is 5.85. The zero-order valence-electron chi connectivity index (χ0n) is 10.1. The highest BCUT2D eigenvalue weighted by Crippen LogP contribution is 2.25. The van der Waals surface area contributed by atoms with E-state index in [9.17, 15) is 0 Å². The fraction of sp³-hybridized carbons (Fsp3) is 0.308. The quantitative estimate of drug-likeness (QED) is 0.873. The first kappa shape index (κ1) is 11.5. The minimum absolute atomic E-state index is 0.861. The maximum absolute atomic E-state index is 4.38. The maximum Gasteiger partial charge on any atom is 0.133 e. The predicted octanol–water partition coefficient (Wildman–Crippen LogP) is 2.53. The topological polar surface area (TPSA) is 50.7 Å². The van der Waals surface area contributed by atoms with Gasteiger partial charge in [0.15, 0.2) is 0 Å². The third-order valence-electron chi connectivity index (χ3n) is 2.60. The molecule has 88 valence electrons. The van der Waals surface area contributed by atoms with Crippen LogP contribution >= 0.6 is 0 Å². The molecule has 2 heterocycles. The molecule has 2 aromatic heterocycles. The Labute approximate surface area is 101 Å². The molecule has 17 heavy (non-hydrogen) atoms. The van der Waals surface area contributed by atoms with E-state index in [2.05, 4.69) is 34.1 Å². The van der Waals surface area contributed by atoms with Crippen LogP contribution < -0.4 is 5.32 Å². The third kappa shape index (κ3) is 2.41. The summed E-state index contributed by atoms with van der Waals surface area (Å²) in [4.78, 5) is 12.7. The van der Waals surface area contributed by atoms with Crippen LogP contribution in [0.15, 0.2) is 30.9 Å². The van der Waals surface area contributed by atoms with Gasteiger partial charge in [-0.2, -0.15) is 0 Å². The molecule has 0 aromatic carbocycles. The number of hydrogen-bond acceptors (Lipinski definition) is 4. The Morgan fingerprint density at radius 3 is 2.53 bits per heavy atom. The predicted molar refractivity (Wildman–Crippen MR) is 68.8 cm³/mol. The van der Waals surface area contributed by atoms with Crippen molar-refractivity contribution in [2.24, 2.45) is 0 Å². The van der Waals surface area contributed by atoms with E-state index in [1.807, 2.05) is 12.1 Å². The molecule has 0 spiro atoms. The second-order valence-corrected chi connectivity index (χ2v) is 3.67. The van der Waals surface area contributed by atoms with E-state index in [1.165, 1.54) is 0 Å². The molecule has 0 aliphatic rings. The van der Waals surface area contributed by atoms with Gasteiger partial charge in [-0.3, -0.25) is 4.98 Å². The largest absolute Gasteiger partial charge is 0.370 e. The van der Waals surface area contributed by atoms with Crippen LogP contribution in [0, 0.1) is 0 Å². The molecule has 4 heteroatoms. The zero-order valence-corrected chi connectivity index (χ0v) is 10.1. The lowest BCUT2D eigenvalue weighted by molar-refractivity contribution is 1.03. The van der Waals surface area contributed by atoms with E-state index in [4.69, 9.17) is 0 Å². The van der Waals surface area contributed by atoms with Crippen molar-refractivity contribution in [2.45, 2.75) is 20.3 Å². The molecule has 0 radical (unpaired) electrons. The van der Waals surface area contributed by atoms with Crippen molar-refractivity contribution < 1.29 is 0 Å². The van der Waals surface area contributed by atoms with E-state index < -0.39 is 0 Å². The number of anilines is 1.